The van der Waals surface area contributed by atoms with E-state index < -0.39 is 0 Å². The SMILES string of the molecule is N#Cc1cccn1CC1CCC2(CCCCC2)O1. The van der Waals surface area contributed by atoms with Crippen LogP contribution in [0.4, 0.5) is 0 Å². The van der Waals surface area contributed by atoms with Gasteiger partial charge >= 0.3 is 0 Å². The minimum Gasteiger partial charge on any atom is -0.370 e. The van der Waals surface area contributed by atoms with Crippen molar-refractivity contribution in [2.45, 2.75) is 63.2 Å². The van der Waals surface area contributed by atoms with Crippen LogP contribution in [0.2, 0.25) is 0 Å². The number of hydrogen-bond donors (Lipinski definition) is 0. The highest BCUT2D eigenvalue weighted by atomic mass is 16.5. The molecule has 3 heteroatoms. The zero-order chi connectivity index (χ0) is 12.4. The van der Waals surface area contributed by atoms with Crippen molar-refractivity contribution in [1.29, 1.82) is 5.26 Å². The molecule has 3 rings (SSSR count). The normalized spacial score (nSPS) is 26.3. The van der Waals surface area contributed by atoms with Gasteiger partial charge in [-0.05, 0) is 37.8 Å². The van der Waals surface area contributed by atoms with Gasteiger partial charge in [-0.1, -0.05) is 19.3 Å². The Hall–Kier alpha value is -1.27. The fourth-order valence-corrected chi connectivity index (χ4v) is 3.48. The van der Waals surface area contributed by atoms with Crippen molar-refractivity contribution in [3.8, 4) is 6.07 Å². The Morgan fingerprint density at radius 2 is 2.17 bits per heavy atom. The van der Waals surface area contributed by atoms with E-state index in [1.807, 2.05) is 22.9 Å². The smallest absolute Gasteiger partial charge is 0.120 e. The fourth-order valence-electron chi connectivity index (χ4n) is 3.48. The second-order valence-electron chi connectivity index (χ2n) is 5.68. The lowest BCUT2D eigenvalue weighted by Gasteiger charge is -2.33. The number of ether oxygens (including phenoxy) is 1. The van der Waals surface area contributed by atoms with Gasteiger partial charge in [-0.3, -0.25) is 0 Å². The predicted octanol–water partition coefficient (Wildman–Crippen LogP) is 3.24. The molecule has 96 valence electrons. The molecule has 1 unspecified atom stereocenters. The van der Waals surface area contributed by atoms with E-state index in [4.69, 9.17) is 10.00 Å². The third kappa shape index (κ3) is 2.18. The topological polar surface area (TPSA) is 38.0 Å². The Balaban J connectivity index is 1.64. The quantitative estimate of drug-likeness (QED) is 0.801. The molecule has 2 fully saturated rings. The Labute approximate surface area is 108 Å². The first-order chi connectivity index (χ1) is 8.81. The molecule has 0 aromatic carbocycles. The van der Waals surface area contributed by atoms with Crippen molar-refractivity contribution >= 4 is 0 Å². The van der Waals surface area contributed by atoms with Gasteiger partial charge < -0.3 is 9.30 Å². The Bertz CT molecular complexity index is 451. The zero-order valence-electron chi connectivity index (χ0n) is 10.8. The van der Waals surface area contributed by atoms with Gasteiger partial charge in [0.05, 0.1) is 11.7 Å². The molecule has 2 heterocycles. The summed E-state index contributed by atoms with van der Waals surface area (Å²) < 4.78 is 8.35. The predicted molar refractivity (Wildman–Crippen MR) is 69.1 cm³/mol. The summed E-state index contributed by atoms with van der Waals surface area (Å²) in [6, 6.07) is 6.03. The molecular weight excluding hydrogens is 224 g/mol. The molecule has 0 N–H and O–H groups in total. The van der Waals surface area contributed by atoms with E-state index in [0.717, 1.165) is 18.7 Å². The van der Waals surface area contributed by atoms with E-state index in [1.165, 1.54) is 38.5 Å². The molecule has 1 saturated heterocycles. The maximum Gasteiger partial charge on any atom is 0.120 e. The summed E-state index contributed by atoms with van der Waals surface area (Å²) in [4.78, 5) is 0. The van der Waals surface area contributed by atoms with Gasteiger partial charge in [0.2, 0.25) is 0 Å². The number of nitriles is 1. The minimum absolute atomic E-state index is 0.183. The van der Waals surface area contributed by atoms with Crippen LogP contribution < -0.4 is 0 Å². The minimum atomic E-state index is 0.183. The molecule has 0 radical (unpaired) electrons. The summed E-state index contributed by atoms with van der Waals surface area (Å²) in [5, 5.41) is 9.01. The number of rotatable bonds is 2. The van der Waals surface area contributed by atoms with Crippen LogP contribution in [0.1, 0.15) is 50.6 Å². The lowest BCUT2D eigenvalue weighted by molar-refractivity contribution is -0.0680. The molecule has 1 aliphatic heterocycles. The lowest BCUT2D eigenvalue weighted by atomic mass is 9.83. The molecule has 1 atom stereocenters. The third-order valence-corrected chi connectivity index (χ3v) is 4.45. The van der Waals surface area contributed by atoms with Crippen molar-refractivity contribution in [3.63, 3.8) is 0 Å². The number of hydrogen-bond acceptors (Lipinski definition) is 2. The molecular formula is C15H20N2O. The molecule has 1 spiro atoms. The van der Waals surface area contributed by atoms with Gasteiger partial charge in [-0.15, -0.1) is 0 Å². The molecule has 18 heavy (non-hydrogen) atoms. The van der Waals surface area contributed by atoms with Crippen LogP contribution in [0, 0.1) is 11.3 Å². The summed E-state index contributed by atoms with van der Waals surface area (Å²) in [7, 11) is 0. The molecule has 1 aromatic heterocycles. The van der Waals surface area contributed by atoms with E-state index in [9.17, 15) is 0 Å². The average molecular weight is 244 g/mol. The van der Waals surface area contributed by atoms with E-state index >= 15 is 0 Å². The average Bonchev–Trinajstić information content (AvgIpc) is 2.99. The van der Waals surface area contributed by atoms with Crippen LogP contribution in [0.25, 0.3) is 0 Å². The van der Waals surface area contributed by atoms with Crippen LogP contribution in [0.15, 0.2) is 18.3 Å². The maximum atomic E-state index is 9.01. The van der Waals surface area contributed by atoms with Crippen LogP contribution in [-0.4, -0.2) is 16.3 Å². The van der Waals surface area contributed by atoms with Crippen molar-refractivity contribution in [2.24, 2.45) is 0 Å². The lowest BCUT2D eigenvalue weighted by Crippen LogP contribution is -2.32. The molecule has 1 aliphatic carbocycles. The highest BCUT2D eigenvalue weighted by Gasteiger charge is 2.40. The van der Waals surface area contributed by atoms with Gasteiger partial charge in [-0.25, -0.2) is 0 Å². The van der Waals surface area contributed by atoms with Crippen molar-refractivity contribution in [1.82, 2.24) is 4.57 Å². The summed E-state index contributed by atoms with van der Waals surface area (Å²) in [5.74, 6) is 0. The Morgan fingerprint density at radius 1 is 1.33 bits per heavy atom. The van der Waals surface area contributed by atoms with Crippen molar-refractivity contribution in [3.05, 3.63) is 24.0 Å². The first kappa shape index (κ1) is 11.8. The van der Waals surface area contributed by atoms with Gasteiger partial charge in [0.25, 0.3) is 0 Å². The van der Waals surface area contributed by atoms with Gasteiger partial charge in [-0.2, -0.15) is 5.26 Å². The maximum absolute atomic E-state index is 9.01. The van der Waals surface area contributed by atoms with Gasteiger partial charge in [0.15, 0.2) is 0 Å². The van der Waals surface area contributed by atoms with Gasteiger partial charge in [0, 0.05) is 12.7 Å². The summed E-state index contributed by atoms with van der Waals surface area (Å²) in [6.45, 7) is 0.831. The van der Waals surface area contributed by atoms with E-state index in [2.05, 4.69) is 6.07 Å². The Morgan fingerprint density at radius 3 is 2.94 bits per heavy atom. The van der Waals surface area contributed by atoms with Crippen molar-refractivity contribution in [2.75, 3.05) is 0 Å². The first-order valence-corrected chi connectivity index (χ1v) is 7.04. The zero-order valence-corrected chi connectivity index (χ0v) is 10.8. The fraction of sp³-hybridized carbons (Fsp3) is 0.667. The molecule has 1 saturated carbocycles. The van der Waals surface area contributed by atoms with Gasteiger partial charge in [0.1, 0.15) is 11.8 Å². The highest BCUT2D eigenvalue weighted by Crippen LogP contribution is 2.42. The summed E-state index contributed by atoms with van der Waals surface area (Å²) >= 11 is 0. The third-order valence-electron chi connectivity index (χ3n) is 4.45. The van der Waals surface area contributed by atoms with Crippen LogP contribution in [0.5, 0.6) is 0 Å². The van der Waals surface area contributed by atoms with Crippen LogP contribution in [-0.2, 0) is 11.3 Å². The summed E-state index contributed by atoms with van der Waals surface area (Å²) in [6.07, 6.45) is 11.1. The van der Waals surface area contributed by atoms with Crippen LogP contribution in [0.3, 0.4) is 0 Å². The molecule has 0 amide bonds. The highest BCUT2D eigenvalue weighted by molar-refractivity contribution is 5.22. The summed E-state index contributed by atoms with van der Waals surface area (Å²) in [5.41, 5.74) is 0.922. The van der Waals surface area contributed by atoms with Crippen LogP contribution >= 0.6 is 0 Å². The Kier molecular flexibility index (Phi) is 3.13. The molecule has 2 aliphatic rings. The van der Waals surface area contributed by atoms with Crippen molar-refractivity contribution < 1.29 is 4.74 Å². The molecule has 3 nitrogen and oxygen atoms in total. The number of aromatic nitrogens is 1. The largest absolute Gasteiger partial charge is 0.370 e. The van der Waals surface area contributed by atoms with E-state index in [1.54, 1.807) is 0 Å². The second kappa shape index (κ2) is 4.78. The first-order valence-electron chi connectivity index (χ1n) is 7.04. The van der Waals surface area contributed by atoms with E-state index in [0.29, 0.717) is 6.10 Å². The molecule has 0 bridgehead atoms. The van der Waals surface area contributed by atoms with E-state index in [-0.39, 0.29) is 5.60 Å². The standard InChI is InChI=1S/C15H20N2O/c16-11-13-5-4-10-17(13)12-14-6-9-15(18-14)7-2-1-3-8-15/h4-5,10,14H,1-3,6-9,12H2. The number of nitrogens with zero attached hydrogens (tertiary/aromatic N) is 2. The second-order valence-corrected chi connectivity index (χ2v) is 5.68. The molecule has 1 aromatic rings. The monoisotopic (exact) mass is 244 g/mol.